The van der Waals surface area contributed by atoms with Crippen LogP contribution in [-0.2, 0) is 26.1 Å². The average molecular weight is 574 g/mol. The highest BCUT2D eigenvalue weighted by Crippen LogP contribution is 2.25. The number of sulfonamides is 1. The van der Waals surface area contributed by atoms with Crippen LogP contribution in [0.4, 0.5) is 0 Å². The molecule has 39 heavy (non-hydrogen) atoms. The van der Waals surface area contributed by atoms with Gasteiger partial charge in [0.2, 0.25) is 10.0 Å². The van der Waals surface area contributed by atoms with E-state index in [1.807, 2.05) is 30.3 Å². The average Bonchev–Trinajstić information content (AvgIpc) is 3.48. The van der Waals surface area contributed by atoms with Crippen molar-refractivity contribution in [3.8, 4) is 0 Å². The molecule has 1 aliphatic rings. The number of nitrogens with zero attached hydrogens (tertiary/aromatic N) is 3. The van der Waals surface area contributed by atoms with Crippen molar-refractivity contribution in [2.75, 3.05) is 33.2 Å². The van der Waals surface area contributed by atoms with Crippen LogP contribution < -0.4 is 0 Å². The smallest absolute Gasteiger partial charge is 0.340 e. The number of rotatable bonds is 8. The Morgan fingerprint density at radius 1 is 1.00 bits per heavy atom. The van der Waals surface area contributed by atoms with Crippen molar-refractivity contribution in [3.05, 3.63) is 88.8 Å². The molecular weight excluding hydrogens is 546 g/mol. The molecule has 1 aromatic heterocycles. The van der Waals surface area contributed by atoms with Gasteiger partial charge in [0.25, 0.3) is 11.8 Å². The van der Waals surface area contributed by atoms with Gasteiger partial charge in [-0.25, -0.2) is 13.2 Å². The topological polar surface area (TPSA) is 117 Å². The molecule has 10 nitrogen and oxygen atoms in total. The summed E-state index contributed by atoms with van der Waals surface area (Å²) >= 11 is 6.20. The molecule has 2 amide bonds. The highest BCUT2D eigenvalue weighted by Gasteiger charge is 2.31. The van der Waals surface area contributed by atoms with E-state index in [-0.39, 0.29) is 46.8 Å². The molecule has 1 atom stereocenters. The van der Waals surface area contributed by atoms with Crippen LogP contribution >= 0.6 is 11.6 Å². The summed E-state index contributed by atoms with van der Waals surface area (Å²) in [4.78, 5) is 41.3. The number of esters is 1. The Morgan fingerprint density at radius 3 is 2.31 bits per heavy atom. The quantitative estimate of drug-likeness (QED) is 0.380. The Bertz CT molecular complexity index is 1440. The Morgan fingerprint density at radius 2 is 1.67 bits per heavy atom. The van der Waals surface area contributed by atoms with Gasteiger partial charge in [0.15, 0.2) is 11.9 Å². The fourth-order valence-electron chi connectivity index (χ4n) is 4.14. The molecular formula is C27H28ClN3O7S. The lowest BCUT2D eigenvalue weighted by molar-refractivity contribution is -0.141. The number of ether oxygens (including phenoxy) is 1. The van der Waals surface area contributed by atoms with Crippen molar-refractivity contribution in [1.29, 1.82) is 0 Å². The van der Waals surface area contributed by atoms with Gasteiger partial charge in [-0.2, -0.15) is 4.31 Å². The van der Waals surface area contributed by atoms with Gasteiger partial charge < -0.3 is 19.0 Å². The van der Waals surface area contributed by atoms with Crippen LogP contribution in [0.25, 0.3) is 0 Å². The summed E-state index contributed by atoms with van der Waals surface area (Å²) in [5.41, 5.74) is 0.634. The van der Waals surface area contributed by atoms with Gasteiger partial charge in [0.1, 0.15) is 0 Å². The van der Waals surface area contributed by atoms with Gasteiger partial charge in [0, 0.05) is 39.8 Å². The summed E-state index contributed by atoms with van der Waals surface area (Å²) in [6.07, 6.45) is 0.269. The number of carbonyl (C=O) groups excluding carboxylic acids is 3. The Kier molecular flexibility index (Phi) is 8.73. The van der Waals surface area contributed by atoms with Crippen LogP contribution in [0.1, 0.15) is 33.4 Å². The maximum Gasteiger partial charge on any atom is 0.340 e. The van der Waals surface area contributed by atoms with Crippen molar-refractivity contribution < 1.29 is 32.0 Å². The third kappa shape index (κ3) is 6.49. The van der Waals surface area contributed by atoms with Crippen molar-refractivity contribution in [1.82, 2.24) is 14.1 Å². The van der Waals surface area contributed by atoms with Crippen LogP contribution in [0.2, 0.25) is 5.02 Å². The van der Waals surface area contributed by atoms with Crippen LogP contribution in [0, 0.1) is 0 Å². The van der Waals surface area contributed by atoms with Crippen molar-refractivity contribution in [2.24, 2.45) is 0 Å². The minimum atomic E-state index is -3.95. The molecule has 0 spiro atoms. The van der Waals surface area contributed by atoms with Gasteiger partial charge in [-0.3, -0.25) is 9.59 Å². The van der Waals surface area contributed by atoms with Gasteiger partial charge in [0.05, 0.1) is 21.7 Å². The first-order valence-electron chi connectivity index (χ1n) is 12.2. The first-order chi connectivity index (χ1) is 18.6. The number of carbonyl (C=O) groups is 3. The van der Waals surface area contributed by atoms with E-state index in [0.29, 0.717) is 13.1 Å². The number of furan rings is 1. The van der Waals surface area contributed by atoms with E-state index in [2.05, 4.69) is 0 Å². The number of amides is 2. The Hall–Kier alpha value is -3.67. The van der Waals surface area contributed by atoms with Crippen LogP contribution in [-0.4, -0.2) is 79.6 Å². The minimum Gasteiger partial charge on any atom is -0.459 e. The van der Waals surface area contributed by atoms with Crippen LogP contribution in [0.5, 0.6) is 0 Å². The molecule has 1 aliphatic heterocycles. The number of piperazine rings is 1. The zero-order chi connectivity index (χ0) is 28.2. The number of benzene rings is 2. The SMILES string of the molecule is CC(OC(=O)c1cc(S(=O)(=O)N(C)Cc2ccccc2)ccc1Cl)C(=O)N1CCN(C(=O)c2ccco2)CC1. The molecule has 4 rings (SSSR count). The molecule has 0 aliphatic carbocycles. The molecule has 1 fully saturated rings. The summed E-state index contributed by atoms with van der Waals surface area (Å²) in [6.45, 7) is 2.69. The van der Waals surface area contributed by atoms with Crippen LogP contribution in [0.15, 0.2) is 76.2 Å². The summed E-state index contributed by atoms with van der Waals surface area (Å²) < 4.78 is 38.0. The van der Waals surface area contributed by atoms with Gasteiger partial charge in [-0.1, -0.05) is 41.9 Å². The molecule has 0 saturated carbocycles. The zero-order valence-corrected chi connectivity index (χ0v) is 23.0. The van der Waals surface area contributed by atoms with Gasteiger partial charge in [-0.05, 0) is 42.8 Å². The normalized spacial score (nSPS) is 14.8. The third-order valence-electron chi connectivity index (χ3n) is 6.36. The lowest BCUT2D eigenvalue weighted by atomic mass is 10.2. The van der Waals surface area contributed by atoms with Gasteiger partial charge in [-0.15, -0.1) is 0 Å². The zero-order valence-electron chi connectivity index (χ0n) is 21.4. The standard InChI is InChI=1S/C27H28ClN3O7S/c1-19(25(32)30-12-14-31(15-13-30)26(33)24-9-6-16-37-24)38-27(34)22-17-21(10-11-23(22)28)39(35,36)29(2)18-20-7-4-3-5-8-20/h3-11,16-17,19H,12-15,18H2,1-2H3. The second-order valence-electron chi connectivity index (χ2n) is 9.03. The summed E-state index contributed by atoms with van der Waals surface area (Å²) in [7, 11) is -2.51. The first-order valence-corrected chi connectivity index (χ1v) is 14.0. The molecule has 1 unspecified atom stereocenters. The Labute approximate surface area is 231 Å². The second-order valence-corrected chi connectivity index (χ2v) is 11.5. The van der Waals surface area contributed by atoms with E-state index in [1.54, 1.807) is 17.0 Å². The largest absolute Gasteiger partial charge is 0.459 e. The lowest BCUT2D eigenvalue weighted by Crippen LogP contribution is -2.53. The fraction of sp³-hybridized carbons (Fsp3) is 0.296. The predicted molar refractivity (Wildman–Crippen MR) is 143 cm³/mol. The lowest BCUT2D eigenvalue weighted by Gasteiger charge is -2.35. The van der Waals surface area contributed by atoms with E-state index >= 15 is 0 Å². The van der Waals surface area contributed by atoms with E-state index in [4.69, 9.17) is 20.8 Å². The second kappa shape index (κ2) is 12.0. The summed E-state index contributed by atoms with van der Waals surface area (Å²) in [6, 6.07) is 16.1. The maximum atomic E-state index is 13.1. The molecule has 206 valence electrons. The van der Waals surface area contributed by atoms with Crippen molar-refractivity contribution in [2.45, 2.75) is 24.5 Å². The maximum absolute atomic E-state index is 13.1. The molecule has 2 heterocycles. The Balaban J connectivity index is 1.38. The first kappa shape index (κ1) is 28.3. The number of hydrogen-bond acceptors (Lipinski definition) is 7. The van der Waals surface area contributed by atoms with E-state index in [1.165, 1.54) is 41.6 Å². The molecule has 2 aromatic carbocycles. The summed E-state index contributed by atoms with van der Waals surface area (Å²) in [5, 5.41) is -0.00522. The summed E-state index contributed by atoms with van der Waals surface area (Å²) in [5.74, 6) is -1.39. The monoisotopic (exact) mass is 573 g/mol. The van der Waals surface area contributed by atoms with E-state index in [9.17, 15) is 22.8 Å². The third-order valence-corrected chi connectivity index (χ3v) is 8.49. The van der Waals surface area contributed by atoms with E-state index < -0.39 is 28.0 Å². The number of halogens is 1. The highest BCUT2D eigenvalue weighted by molar-refractivity contribution is 7.89. The molecule has 0 N–H and O–H groups in total. The predicted octanol–water partition coefficient (Wildman–Crippen LogP) is 3.28. The van der Waals surface area contributed by atoms with E-state index in [0.717, 1.165) is 11.6 Å². The van der Waals surface area contributed by atoms with Crippen LogP contribution in [0.3, 0.4) is 0 Å². The minimum absolute atomic E-state index is 0.00522. The molecule has 1 saturated heterocycles. The van der Waals surface area contributed by atoms with Crippen molar-refractivity contribution in [3.63, 3.8) is 0 Å². The highest BCUT2D eigenvalue weighted by atomic mass is 35.5. The number of hydrogen-bond donors (Lipinski definition) is 0. The molecule has 0 bridgehead atoms. The molecule has 0 radical (unpaired) electrons. The molecule has 3 aromatic rings. The molecule has 12 heteroatoms. The van der Waals surface area contributed by atoms with Crippen molar-refractivity contribution >= 4 is 39.4 Å². The van der Waals surface area contributed by atoms with Gasteiger partial charge >= 0.3 is 5.97 Å². The fourth-order valence-corrected chi connectivity index (χ4v) is 5.52.